The molecule has 0 amide bonds. The molecule has 108 valence electrons. The Kier molecular flexibility index (Phi) is 3.16. The van der Waals surface area contributed by atoms with Gasteiger partial charge in [-0.3, -0.25) is 4.40 Å². The standard InChI is InChI=1S/C13H15F3N4/c1-8-6-9(4-5-17-8)12-19-18-11-3-2-10(7-20(11)12)13(14,15)16/h2-3,7-9,17H,4-6H2,1H3. The fraction of sp³-hybridized carbons (Fsp3) is 0.538. The topological polar surface area (TPSA) is 42.2 Å². The molecule has 1 aliphatic heterocycles. The van der Waals surface area contributed by atoms with Crippen LogP contribution in [0, 0.1) is 0 Å². The second-order valence-corrected chi connectivity index (χ2v) is 5.28. The highest BCUT2D eigenvalue weighted by Crippen LogP contribution is 2.31. The van der Waals surface area contributed by atoms with Crippen molar-refractivity contribution in [2.45, 2.75) is 37.9 Å². The van der Waals surface area contributed by atoms with Gasteiger partial charge in [0.2, 0.25) is 0 Å². The van der Waals surface area contributed by atoms with Crippen molar-refractivity contribution in [2.75, 3.05) is 6.54 Å². The van der Waals surface area contributed by atoms with Crippen LogP contribution in [-0.4, -0.2) is 27.2 Å². The highest BCUT2D eigenvalue weighted by molar-refractivity contribution is 5.40. The second-order valence-electron chi connectivity index (χ2n) is 5.28. The van der Waals surface area contributed by atoms with E-state index in [1.807, 2.05) is 0 Å². The normalized spacial score (nSPS) is 24.2. The van der Waals surface area contributed by atoms with Gasteiger partial charge in [0.1, 0.15) is 5.82 Å². The smallest absolute Gasteiger partial charge is 0.314 e. The first-order chi connectivity index (χ1) is 9.45. The van der Waals surface area contributed by atoms with Crippen LogP contribution in [0.5, 0.6) is 0 Å². The van der Waals surface area contributed by atoms with Crippen molar-refractivity contribution >= 4 is 5.65 Å². The maximum Gasteiger partial charge on any atom is 0.417 e. The van der Waals surface area contributed by atoms with Crippen LogP contribution in [0.25, 0.3) is 5.65 Å². The summed E-state index contributed by atoms with van der Waals surface area (Å²) in [5, 5.41) is 11.4. The van der Waals surface area contributed by atoms with Crippen molar-refractivity contribution in [2.24, 2.45) is 0 Å². The van der Waals surface area contributed by atoms with E-state index in [9.17, 15) is 13.2 Å². The van der Waals surface area contributed by atoms with Gasteiger partial charge in [-0.2, -0.15) is 13.2 Å². The molecular formula is C13H15F3N4. The molecule has 2 aromatic heterocycles. The molecule has 1 fully saturated rings. The largest absolute Gasteiger partial charge is 0.417 e. The monoisotopic (exact) mass is 284 g/mol. The highest BCUT2D eigenvalue weighted by atomic mass is 19.4. The van der Waals surface area contributed by atoms with Gasteiger partial charge in [0.05, 0.1) is 5.56 Å². The minimum absolute atomic E-state index is 0.143. The molecule has 4 nitrogen and oxygen atoms in total. The van der Waals surface area contributed by atoms with Gasteiger partial charge in [-0.25, -0.2) is 0 Å². The van der Waals surface area contributed by atoms with E-state index in [1.54, 1.807) is 0 Å². The molecule has 2 atom stereocenters. The first-order valence-electron chi connectivity index (χ1n) is 6.60. The minimum atomic E-state index is -4.35. The van der Waals surface area contributed by atoms with Gasteiger partial charge in [0.25, 0.3) is 0 Å². The fourth-order valence-electron chi connectivity index (χ4n) is 2.72. The van der Waals surface area contributed by atoms with Gasteiger partial charge in [-0.15, -0.1) is 10.2 Å². The van der Waals surface area contributed by atoms with E-state index >= 15 is 0 Å². The number of rotatable bonds is 1. The van der Waals surface area contributed by atoms with Crippen molar-refractivity contribution in [3.63, 3.8) is 0 Å². The molecule has 20 heavy (non-hydrogen) atoms. The summed E-state index contributed by atoms with van der Waals surface area (Å²) >= 11 is 0. The second kappa shape index (κ2) is 4.73. The van der Waals surface area contributed by atoms with E-state index < -0.39 is 11.7 Å². The zero-order valence-electron chi connectivity index (χ0n) is 11.0. The van der Waals surface area contributed by atoms with Gasteiger partial charge < -0.3 is 5.32 Å². The minimum Gasteiger partial charge on any atom is -0.314 e. The number of halogens is 3. The third kappa shape index (κ3) is 2.37. The van der Waals surface area contributed by atoms with Gasteiger partial charge in [0, 0.05) is 18.2 Å². The molecular weight excluding hydrogens is 269 g/mol. The van der Waals surface area contributed by atoms with Crippen molar-refractivity contribution in [1.82, 2.24) is 19.9 Å². The van der Waals surface area contributed by atoms with E-state index in [1.165, 1.54) is 10.5 Å². The summed E-state index contributed by atoms with van der Waals surface area (Å²) in [6.07, 6.45) is -1.53. The fourth-order valence-corrected chi connectivity index (χ4v) is 2.72. The number of alkyl halides is 3. The molecule has 1 N–H and O–H groups in total. The number of aromatic nitrogens is 3. The Morgan fingerprint density at radius 2 is 2.10 bits per heavy atom. The Morgan fingerprint density at radius 1 is 1.30 bits per heavy atom. The van der Waals surface area contributed by atoms with E-state index in [4.69, 9.17) is 0 Å². The maximum absolute atomic E-state index is 12.8. The lowest BCUT2D eigenvalue weighted by atomic mass is 9.92. The first-order valence-corrected chi connectivity index (χ1v) is 6.60. The molecule has 0 spiro atoms. The zero-order valence-corrected chi connectivity index (χ0v) is 11.0. The summed E-state index contributed by atoms with van der Waals surface area (Å²) < 4.78 is 39.9. The lowest BCUT2D eigenvalue weighted by Crippen LogP contribution is -2.35. The maximum atomic E-state index is 12.8. The van der Waals surface area contributed by atoms with Crippen LogP contribution in [0.15, 0.2) is 18.3 Å². The zero-order chi connectivity index (χ0) is 14.3. The molecule has 2 aromatic rings. The van der Waals surface area contributed by atoms with Crippen LogP contribution < -0.4 is 5.32 Å². The molecule has 2 unspecified atom stereocenters. The predicted molar refractivity (Wildman–Crippen MR) is 67.4 cm³/mol. The quantitative estimate of drug-likeness (QED) is 0.875. The summed E-state index contributed by atoms with van der Waals surface area (Å²) in [6.45, 7) is 2.91. The Hall–Kier alpha value is -1.63. The van der Waals surface area contributed by atoms with Crippen LogP contribution >= 0.6 is 0 Å². The van der Waals surface area contributed by atoms with Crippen molar-refractivity contribution in [3.8, 4) is 0 Å². The SMILES string of the molecule is CC1CC(c2nnc3ccc(C(F)(F)F)cn23)CCN1. The number of fused-ring (bicyclic) bond motifs is 1. The third-order valence-electron chi connectivity index (χ3n) is 3.74. The summed E-state index contributed by atoms with van der Waals surface area (Å²) in [4.78, 5) is 0. The molecule has 7 heteroatoms. The summed E-state index contributed by atoms with van der Waals surface area (Å²) in [5.74, 6) is 0.768. The van der Waals surface area contributed by atoms with Crippen molar-refractivity contribution in [1.29, 1.82) is 0 Å². The lowest BCUT2D eigenvalue weighted by Gasteiger charge is -2.26. The van der Waals surface area contributed by atoms with Crippen LogP contribution in [0.3, 0.4) is 0 Å². The van der Waals surface area contributed by atoms with E-state index in [0.717, 1.165) is 31.6 Å². The van der Waals surface area contributed by atoms with Crippen molar-refractivity contribution in [3.05, 3.63) is 29.7 Å². The molecule has 0 saturated carbocycles. The van der Waals surface area contributed by atoms with Crippen LogP contribution in [0.2, 0.25) is 0 Å². The van der Waals surface area contributed by atoms with E-state index in [-0.39, 0.29) is 5.92 Å². The van der Waals surface area contributed by atoms with Gasteiger partial charge in [0.15, 0.2) is 5.65 Å². The summed E-state index contributed by atoms with van der Waals surface area (Å²) in [7, 11) is 0. The van der Waals surface area contributed by atoms with Gasteiger partial charge >= 0.3 is 6.18 Å². The number of nitrogens with zero attached hydrogens (tertiary/aromatic N) is 3. The van der Waals surface area contributed by atoms with Gasteiger partial charge in [-0.05, 0) is 38.4 Å². The Bertz CT molecular complexity index is 620. The van der Waals surface area contributed by atoms with E-state index in [0.29, 0.717) is 17.5 Å². The summed E-state index contributed by atoms with van der Waals surface area (Å²) in [5.41, 5.74) is -0.216. The number of pyridine rings is 1. The van der Waals surface area contributed by atoms with Crippen LogP contribution in [-0.2, 0) is 6.18 Å². The molecule has 1 aliphatic rings. The molecule has 0 bridgehead atoms. The molecule has 0 radical (unpaired) electrons. The lowest BCUT2D eigenvalue weighted by molar-refractivity contribution is -0.137. The van der Waals surface area contributed by atoms with E-state index in [2.05, 4.69) is 22.4 Å². The third-order valence-corrected chi connectivity index (χ3v) is 3.74. The average molecular weight is 284 g/mol. The Morgan fingerprint density at radius 3 is 2.80 bits per heavy atom. The molecule has 3 heterocycles. The number of hydrogen-bond donors (Lipinski definition) is 1. The van der Waals surface area contributed by atoms with Crippen molar-refractivity contribution < 1.29 is 13.2 Å². The number of hydrogen-bond acceptors (Lipinski definition) is 3. The first kappa shape index (κ1) is 13.4. The number of piperidine rings is 1. The number of nitrogens with one attached hydrogen (secondary N) is 1. The van der Waals surface area contributed by atoms with Crippen LogP contribution in [0.1, 0.15) is 37.1 Å². The Labute approximate surface area is 114 Å². The summed E-state index contributed by atoms with van der Waals surface area (Å²) in [6, 6.07) is 2.75. The molecule has 1 saturated heterocycles. The van der Waals surface area contributed by atoms with Gasteiger partial charge in [-0.1, -0.05) is 0 Å². The average Bonchev–Trinajstić information content (AvgIpc) is 2.80. The molecule has 0 aromatic carbocycles. The Balaban J connectivity index is 2.03. The predicted octanol–water partition coefficient (Wildman–Crippen LogP) is 2.60. The molecule has 3 rings (SSSR count). The molecule has 0 aliphatic carbocycles. The highest BCUT2D eigenvalue weighted by Gasteiger charge is 2.32. The van der Waals surface area contributed by atoms with Crippen LogP contribution in [0.4, 0.5) is 13.2 Å².